The largest absolute Gasteiger partial charge is 0.496 e. The van der Waals surface area contributed by atoms with E-state index in [4.69, 9.17) is 9.47 Å². The number of methoxy groups -OCH3 is 1. The van der Waals surface area contributed by atoms with Gasteiger partial charge in [-0.25, -0.2) is 0 Å². The van der Waals surface area contributed by atoms with E-state index in [1.165, 1.54) is 0 Å². The number of benzene rings is 1. The van der Waals surface area contributed by atoms with Crippen LogP contribution in [0.15, 0.2) is 18.2 Å². The molecule has 1 saturated heterocycles. The molecule has 1 aromatic rings. The average Bonchev–Trinajstić information content (AvgIpc) is 3.24. The number of hydrogen-bond acceptors (Lipinski definition) is 7. The van der Waals surface area contributed by atoms with Gasteiger partial charge in [0.2, 0.25) is 5.91 Å². The first-order chi connectivity index (χ1) is 18.4. The molecule has 2 fully saturated rings. The first kappa shape index (κ1) is 30.8. The minimum absolute atomic E-state index is 0.0738. The lowest BCUT2D eigenvalue weighted by atomic mass is 9.82. The Labute approximate surface area is 231 Å². The predicted molar refractivity (Wildman–Crippen MR) is 146 cm³/mol. The third-order valence-electron chi connectivity index (χ3n) is 7.97. The summed E-state index contributed by atoms with van der Waals surface area (Å²) < 4.78 is 10.8. The van der Waals surface area contributed by atoms with Crippen molar-refractivity contribution in [2.75, 3.05) is 26.9 Å². The van der Waals surface area contributed by atoms with Gasteiger partial charge in [0.05, 0.1) is 26.2 Å². The second-order valence-corrected chi connectivity index (χ2v) is 11.9. The van der Waals surface area contributed by atoms with Crippen LogP contribution in [-0.2, 0) is 14.3 Å². The molecule has 10 nitrogen and oxygen atoms in total. The Morgan fingerprint density at radius 2 is 1.92 bits per heavy atom. The number of amides is 2. The van der Waals surface area contributed by atoms with Crippen molar-refractivity contribution in [2.24, 2.45) is 17.3 Å². The number of aliphatic carboxylic acids is 1. The Hall–Kier alpha value is -2.69. The number of rotatable bonds is 12. The van der Waals surface area contributed by atoms with E-state index in [-0.39, 0.29) is 30.8 Å². The molecule has 0 aromatic heterocycles. The van der Waals surface area contributed by atoms with Gasteiger partial charge in [0.15, 0.2) is 0 Å². The zero-order valence-electron chi connectivity index (χ0n) is 24.0. The summed E-state index contributed by atoms with van der Waals surface area (Å²) in [5.41, 5.74) is 0.505. The second kappa shape index (κ2) is 13.1. The predicted octanol–water partition coefficient (Wildman–Crippen LogP) is 2.56. The zero-order chi connectivity index (χ0) is 28.9. The molecule has 3 rings (SSSR count). The first-order valence-electron chi connectivity index (χ1n) is 13.9. The van der Waals surface area contributed by atoms with Crippen molar-refractivity contribution in [1.82, 2.24) is 15.5 Å². The number of aliphatic hydroxyl groups excluding tert-OH is 1. The summed E-state index contributed by atoms with van der Waals surface area (Å²) in [5, 5.41) is 26.8. The molecular weight excluding hydrogens is 502 g/mol. The van der Waals surface area contributed by atoms with Gasteiger partial charge >= 0.3 is 5.97 Å². The van der Waals surface area contributed by atoms with Crippen molar-refractivity contribution in [3.05, 3.63) is 29.3 Å². The molecule has 0 spiro atoms. The van der Waals surface area contributed by atoms with E-state index < -0.39 is 35.7 Å². The molecule has 39 heavy (non-hydrogen) atoms. The number of nitrogens with zero attached hydrogens (tertiary/aromatic N) is 1. The number of nitrogens with one attached hydrogen (secondary N) is 2. The van der Waals surface area contributed by atoms with Crippen molar-refractivity contribution in [3.63, 3.8) is 0 Å². The quantitative estimate of drug-likeness (QED) is 0.293. The maximum Gasteiger partial charge on any atom is 0.305 e. The van der Waals surface area contributed by atoms with E-state index in [1.54, 1.807) is 37.1 Å². The molecule has 4 N–H and O–H groups in total. The molecule has 1 aromatic carbocycles. The van der Waals surface area contributed by atoms with Gasteiger partial charge in [-0.05, 0) is 62.5 Å². The van der Waals surface area contributed by atoms with Gasteiger partial charge in [0.1, 0.15) is 18.0 Å². The highest BCUT2D eigenvalue weighted by atomic mass is 16.5. The van der Waals surface area contributed by atoms with Crippen molar-refractivity contribution >= 4 is 17.8 Å². The van der Waals surface area contributed by atoms with E-state index in [9.17, 15) is 24.6 Å². The molecular formula is C29H45N3O7. The molecule has 1 aliphatic carbocycles. The summed E-state index contributed by atoms with van der Waals surface area (Å²) in [6, 6.07) is 3.23. The van der Waals surface area contributed by atoms with Crippen LogP contribution in [-0.4, -0.2) is 84.1 Å². The third kappa shape index (κ3) is 7.49. The number of hydrogen-bond donors (Lipinski definition) is 4. The van der Waals surface area contributed by atoms with Crippen LogP contribution in [0.3, 0.4) is 0 Å². The summed E-state index contributed by atoms with van der Waals surface area (Å²) >= 11 is 0. The third-order valence-corrected chi connectivity index (χ3v) is 7.97. The van der Waals surface area contributed by atoms with Crippen LogP contribution in [0.2, 0.25) is 0 Å². The fourth-order valence-electron chi connectivity index (χ4n) is 5.99. The van der Waals surface area contributed by atoms with Gasteiger partial charge < -0.3 is 29.9 Å². The summed E-state index contributed by atoms with van der Waals surface area (Å²) in [5.74, 6) is -0.625. The molecule has 6 atom stereocenters. The van der Waals surface area contributed by atoms with E-state index >= 15 is 0 Å². The SMILES string of the molecule is CCOCC(CC(=O)O)NC(O)C1C2CCC(C2)CN1C(=O)C(NC(=O)c1cccc(OC)c1C)C(C)(C)C. The monoisotopic (exact) mass is 547 g/mol. The maximum atomic E-state index is 14.2. The second-order valence-electron chi connectivity index (χ2n) is 11.9. The molecule has 2 aliphatic rings. The zero-order valence-corrected chi connectivity index (χ0v) is 24.0. The number of aliphatic hydroxyl groups is 1. The number of carboxylic acid groups (broad SMARTS) is 1. The Balaban J connectivity index is 1.87. The summed E-state index contributed by atoms with van der Waals surface area (Å²) in [4.78, 5) is 40.8. The Morgan fingerprint density at radius 3 is 2.54 bits per heavy atom. The van der Waals surface area contributed by atoms with Crippen LogP contribution in [0.1, 0.15) is 69.3 Å². The van der Waals surface area contributed by atoms with Crippen LogP contribution < -0.4 is 15.4 Å². The lowest BCUT2D eigenvalue weighted by molar-refractivity contribution is -0.148. The van der Waals surface area contributed by atoms with Crippen LogP contribution in [0, 0.1) is 24.2 Å². The van der Waals surface area contributed by atoms with Gasteiger partial charge in [0.25, 0.3) is 5.91 Å². The normalized spacial score (nSPS) is 23.2. The number of ether oxygens (including phenoxy) is 2. The minimum atomic E-state index is -1.14. The first-order valence-corrected chi connectivity index (χ1v) is 13.9. The van der Waals surface area contributed by atoms with Gasteiger partial charge in [-0.3, -0.25) is 19.7 Å². The molecule has 10 heteroatoms. The smallest absolute Gasteiger partial charge is 0.305 e. The maximum absolute atomic E-state index is 14.2. The topological polar surface area (TPSA) is 137 Å². The number of carboxylic acids is 1. The standard InChI is InChI=1S/C29H45N3O7/c1-7-39-16-20(14-23(33)34)30-27(36)24-19-12-11-18(13-19)15-32(24)28(37)25(29(3,4)5)31-26(35)21-9-8-10-22(38-6)17(21)2/h8-10,18-20,24-25,27,30,36H,7,11-16H2,1-6H3,(H,31,35)(H,33,34). The highest BCUT2D eigenvalue weighted by Crippen LogP contribution is 2.42. The van der Waals surface area contributed by atoms with Crippen LogP contribution in [0.4, 0.5) is 0 Å². The molecule has 0 radical (unpaired) electrons. The Morgan fingerprint density at radius 1 is 1.21 bits per heavy atom. The van der Waals surface area contributed by atoms with Crippen molar-refractivity contribution in [2.45, 2.75) is 84.7 Å². The fraction of sp³-hybridized carbons (Fsp3) is 0.690. The van der Waals surface area contributed by atoms with Gasteiger partial charge in [0, 0.05) is 30.3 Å². The molecule has 2 amide bonds. The molecule has 6 unspecified atom stereocenters. The molecule has 1 saturated carbocycles. The highest BCUT2D eigenvalue weighted by Gasteiger charge is 2.49. The lowest BCUT2D eigenvalue weighted by Gasteiger charge is -2.46. The number of likely N-dealkylation sites (tertiary alicyclic amines) is 1. The Bertz CT molecular complexity index is 1020. The summed E-state index contributed by atoms with van der Waals surface area (Å²) in [6.07, 6.45) is 1.39. The summed E-state index contributed by atoms with van der Waals surface area (Å²) in [6.45, 7) is 10.4. The van der Waals surface area contributed by atoms with E-state index in [0.717, 1.165) is 19.3 Å². The number of carbonyl (C=O) groups is 3. The molecule has 1 heterocycles. The van der Waals surface area contributed by atoms with Crippen LogP contribution in [0.5, 0.6) is 5.75 Å². The number of fused-ring (bicyclic) bond motifs is 2. The lowest BCUT2D eigenvalue weighted by Crippen LogP contribution is -2.64. The highest BCUT2D eigenvalue weighted by molar-refractivity contribution is 5.99. The van der Waals surface area contributed by atoms with Crippen molar-refractivity contribution < 1.29 is 34.1 Å². The Kier molecular flexibility index (Phi) is 10.4. The molecule has 1 aliphatic heterocycles. The van der Waals surface area contributed by atoms with Crippen molar-refractivity contribution in [3.8, 4) is 5.75 Å². The van der Waals surface area contributed by atoms with Crippen LogP contribution in [0.25, 0.3) is 0 Å². The van der Waals surface area contributed by atoms with Crippen molar-refractivity contribution in [1.29, 1.82) is 0 Å². The molecule has 2 bridgehead atoms. The number of piperidine rings is 1. The van der Waals surface area contributed by atoms with Crippen LogP contribution >= 0.6 is 0 Å². The van der Waals surface area contributed by atoms with E-state index in [0.29, 0.717) is 35.9 Å². The van der Waals surface area contributed by atoms with Gasteiger partial charge in [-0.2, -0.15) is 0 Å². The average molecular weight is 548 g/mol. The van der Waals surface area contributed by atoms with Gasteiger partial charge in [-0.1, -0.05) is 26.8 Å². The number of carbonyl (C=O) groups excluding carboxylic acids is 2. The molecule has 218 valence electrons. The van der Waals surface area contributed by atoms with E-state index in [2.05, 4.69) is 10.6 Å². The summed E-state index contributed by atoms with van der Waals surface area (Å²) in [7, 11) is 1.55. The minimum Gasteiger partial charge on any atom is -0.496 e. The van der Waals surface area contributed by atoms with Gasteiger partial charge in [-0.15, -0.1) is 0 Å². The fourth-order valence-corrected chi connectivity index (χ4v) is 5.99. The van der Waals surface area contributed by atoms with E-state index in [1.807, 2.05) is 27.7 Å².